The van der Waals surface area contributed by atoms with Crippen molar-refractivity contribution < 1.29 is 13.1 Å². The molecule has 0 aliphatic carbocycles. The van der Waals surface area contributed by atoms with Crippen LogP contribution in [0.2, 0.25) is 0 Å². The Kier molecular flexibility index (Phi) is 1.51. The number of rotatable bonds is 0. The van der Waals surface area contributed by atoms with Gasteiger partial charge in [-0.3, -0.25) is 0 Å². The highest BCUT2D eigenvalue weighted by molar-refractivity contribution is 6.08. The van der Waals surface area contributed by atoms with Crippen LogP contribution >= 0.6 is 0 Å². The normalized spacial score (nSPS) is 15.5. The SMILES string of the molecule is [2H]C([2H])([2H])c1ccc2c(n1)oc1c3c(ccc12)C[n+]1ccccc1-3. The molecule has 1 aliphatic rings. The molecule has 0 radical (unpaired) electrons. The van der Waals surface area contributed by atoms with Crippen LogP contribution in [0, 0.1) is 6.85 Å². The summed E-state index contributed by atoms with van der Waals surface area (Å²) in [5, 5.41) is 1.81. The maximum atomic E-state index is 7.53. The molecule has 3 heteroatoms. The fraction of sp³-hybridized carbons (Fsp3) is 0.111. The van der Waals surface area contributed by atoms with Crippen LogP contribution in [0.25, 0.3) is 33.3 Å². The van der Waals surface area contributed by atoms with Crippen LogP contribution < -0.4 is 4.57 Å². The van der Waals surface area contributed by atoms with Gasteiger partial charge in [-0.2, -0.15) is 4.57 Å². The number of hydrogen-bond acceptors (Lipinski definition) is 2. The molecular weight excluding hydrogens is 260 g/mol. The molecule has 0 bridgehead atoms. The fourth-order valence-electron chi connectivity index (χ4n) is 3.20. The van der Waals surface area contributed by atoms with Gasteiger partial charge in [-0.15, -0.1) is 0 Å². The maximum absolute atomic E-state index is 7.53. The van der Waals surface area contributed by atoms with Gasteiger partial charge in [0.15, 0.2) is 18.3 Å². The van der Waals surface area contributed by atoms with Crippen molar-refractivity contribution in [3.63, 3.8) is 0 Å². The Labute approximate surface area is 125 Å². The molecule has 1 aliphatic heterocycles. The van der Waals surface area contributed by atoms with Gasteiger partial charge in [-0.05, 0) is 31.1 Å². The first kappa shape index (κ1) is 8.57. The van der Waals surface area contributed by atoms with Gasteiger partial charge in [0, 0.05) is 38.3 Å². The van der Waals surface area contributed by atoms with Crippen LogP contribution in [0.5, 0.6) is 0 Å². The minimum Gasteiger partial charge on any atom is -0.437 e. The number of aromatic nitrogens is 2. The van der Waals surface area contributed by atoms with Crippen molar-refractivity contribution in [2.45, 2.75) is 13.4 Å². The summed E-state index contributed by atoms with van der Waals surface area (Å²) in [5.41, 5.74) is 4.58. The second-order valence-electron chi connectivity index (χ2n) is 5.34. The second kappa shape index (κ2) is 3.70. The van der Waals surface area contributed by atoms with Crippen molar-refractivity contribution in [2.24, 2.45) is 0 Å². The molecule has 3 aromatic heterocycles. The van der Waals surface area contributed by atoms with Crippen molar-refractivity contribution in [3.05, 3.63) is 59.9 Å². The van der Waals surface area contributed by atoms with Crippen LogP contribution in [0.15, 0.2) is 53.1 Å². The quantitative estimate of drug-likeness (QED) is 0.404. The highest BCUT2D eigenvalue weighted by Crippen LogP contribution is 2.38. The Hall–Kier alpha value is -2.68. The van der Waals surface area contributed by atoms with Gasteiger partial charge in [0.2, 0.25) is 11.4 Å². The van der Waals surface area contributed by atoms with Crippen molar-refractivity contribution in [1.29, 1.82) is 0 Å². The lowest BCUT2D eigenvalue weighted by Gasteiger charge is -1.95. The summed E-state index contributed by atoms with van der Waals surface area (Å²) < 4.78 is 30.8. The number of pyridine rings is 2. The average molecular weight is 276 g/mol. The summed E-state index contributed by atoms with van der Waals surface area (Å²) in [6, 6.07) is 13.6. The molecule has 0 amide bonds. The first-order chi connectivity index (χ1) is 11.5. The Morgan fingerprint density at radius 2 is 2.10 bits per heavy atom. The molecule has 5 rings (SSSR count). The van der Waals surface area contributed by atoms with Gasteiger partial charge < -0.3 is 4.42 Å². The highest BCUT2D eigenvalue weighted by Gasteiger charge is 2.29. The molecule has 0 unspecified atom stereocenters. The van der Waals surface area contributed by atoms with E-state index < -0.39 is 6.85 Å². The maximum Gasteiger partial charge on any atom is 0.227 e. The van der Waals surface area contributed by atoms with Gasteiger partial charge in [0.1, 0.15) is 0 Å². The monoisotopic (exact) mass is 276 g/mol. The van der Waals surface area contributed by atoms with Gasteiger partial charge in [-0.1, -0.05) is 6.07 Å². The molecule has 0 spiro atoms. The Balaban J connectivity index is 1.85. The van der Waals surface area contributed by atoms with Crippen LogP contribution in [-0.4, -0.2) is 4.98 Å². The largest absolute Gasteiger partial charge is 0.437 e. The summed E-state index contributed by atoms with van der Waals surface area (Å²) in [4.78, 5) is 4.23. The van der Waals surface area contributed by atoms with Gasteiger partial charge in [-0.25, -0.2) is 4.98 Å². The molecule has 0 saturated heterocycles. The van der Waals surface area contributed by atoms with Crippen LogP contribution in [0.4, 0.5) is 0 Å². The van der Waals surface area contributed by atoms with Gasteiger partial charge >= 0.3 is 0 Å². The first-order valence-corrected chi connectivity index (χ1v) is 6.87. The van der Waals surface area contributed by atoms with Crippen molar-refractivity contribution >= 4 is 22.1 Å². The third kappa shape index (κ3) is 1.38. The van der Waals surface area contributed by atoms with E-state index in [1.807, 2.05) is 18.2 Å². The number of hydrogen-bond donors (Lipinski definition) is 0. The van der Waals surface area contributed by atoms with E-state index in [4.69, 9.17) is 8.53 Å². The molecule has 21 heavy (non-hydrogen) atoms. The molecule has 0 fully saturated rings. The van der Waals surface area contributed by atoms with Crippen LogP contribution in [0.3, 0.4) is 0 Å². The Morgan fingerprint density at radius 3 is 3.05 bits per heavy atom. The zero-order valence-corrected chi connectivity index (χ0v) is 11.1. The summed E-state index contributed by atoms with van der Waals surface area (Å²) in [7, 11) is 0. The molecule has 1 aromatic carbocycles. The van der Waals surface area contributed by atoms with Gasteiger partial charge in [0.05, 0.1) is 5.56 Å². The highest BCUT2D eigenvalue weighted by atomic mass is 16.3. The van der Waals surface area contributed by atoms with Crippen molar-refractivity contribution in [2.75, 3.05) is 0 Å². The third-order valence-corrected chi connectivity index (χ3v) is 4.13. The van der Waals surface area contributed by atoms with E-state index in [0.29, 0.717) is 5.71 Å². The zero-order valence-electron chi connectivity index (χ0n) is 14.1. The summed E-state index contributed by atoms with van der Waals surface area (Å²) in [6.45, 7) is -1.43. The van der Waals surface area contributed by atoms with Crippen molar-refractivity contribution in [3.8, 4) is 11.3 Å². The summed E-state index contributed by atoms with van der Waals surface area (Å²) in [6.07, 6.45) is 2.05. The molecule has 4 heterocycles. The van der Waals surface area contributed by atoms with Gasteiger partial charge in [0.25, 0.3) is 0 Å². The number of nitrogens with zero attached hydrogens (tertiary/aromatic N) is 2. The predicted molar refractivity (Wildman–Crippen MR) is 81.0 cm³/mol. The van der Waals surface area contributed by atoms with Crippen molar-refractivity contribution in [1.82, 2.24) is 4.98 Å². The lowest BCUT2D eigenvalue weighted by atomic mass is 10.0. The topological polar surface area (TPSA) is 29.9 Å². The molecular formula is C18H13N2O+. The lowest BCUT2D eigenvalue weighted by molar-refractivity contribution is -0.672. The first-order valence-electron chi connectivity index (χ1n) is 8.37. The average Bonchev–Trinajstić information content (AvgIpc) is 3.10. The minimum atomic E-state index is -2.24. The Bertz CT molecular complexity index is 1130. The number of fused-ring (bicyclic) bond motifs is 7. The van der Waals surface area contributed by atoms with E-state index in [1.165, 1.54) is 5.56 Å². The fourth-order valence-corrected chi connectivity index (χ4v) is 3.20. The van der Waals surface area contributed by atoms with E-state index in [-0.39, 0.29) is 5.69 Å². The molecule has 0 atom stereocenters. The van der Waals surface area contributed by atoms with E-state index in [1.54, 1.807) is 12.1 Å². The number of furan rings is 1. The second-order valence-corrected chi connectivity index (χ2v) is 5.34. The van der Waals surface area contributed by atoms with E-state index in [9.17, 15) is 0 Å². The van der Waals surface area contributed by atoms with Crippen LogP contribution in [-0.2, 0) is 6.54 Å². The lowest BCUT2D eigenvalue weighted by Crippen LogP contribution is -2.31. The zero-order chi connectivity index (χ0) is 16.5. The van der Waals surface area contributed by atoms with E-state index in [2.05, 4.69) is 27.9 Å². The standard InChI is InChI=1S/C18H13N2O/c1-11-5-7-14-13-8-6-12-10-20-9-3-2-4-15(20)16(12)17(13)21-18(14)19-11/h2-9H,10H2,1H3/q+1/i1D3. The number of benzene rings is 1. The molecule has 0 N–H and O–H groups in total. The smallest absolute Gasteiger partial charge is 0.227 e. The molecule has 0 saturated carbocycles. The molecule has 4 aromatic rings. The summed E-state index contributed by atoms with van der Waals surface area (Å²) >= 11 is 0. The third-order valence-electron chi connectivity index (χ3n) is 4.13. The summed E-state index contributed by atoms with van der Waals surface area (Å²) in [5.74, 6) is 0. The number of aryl methyl sites for hydroxylation is 1. The molecule has 100 valence electrons. The predicted octanol–water partition coefficient (Wildman–Crippen LogP) is 3.61. The Morgan fingerprint density at radius 1 is 1.14 bits per heavy atom. The van der Waals surface area contributed by atoms with Crippen LogP contribution in [0.1, 0.15) is 15.4 Å². The van der Waals surface area contributed by atoms with E-state index in [0.717, 1.165) is 34.2 Å². The minimum absolute atomic E-state index is 0.0560. The van der Waals surface area contributed by atoms with E-state index >= 15 is 0 Å². The molecule has 3 nitrogen and oxygen atoms in total.